The Morgan fingerprint density at radius 2 is 1.52 bits per heavy atom. The molecule has 0 amide bonds. The van der Waals surface area contributed by atoms with Gasteiger partial charge in [0.15, 0.2) is 5.88 Å². The van der Waals surface area contributed by atoms with Crippen molar-refractivity contribution in [2.75, 3.05) is 0 Å². The molecule has 0 saturated heterocycles. The van der Waals surface area contributed by atoms with Gasteiger partial charge in [0.05, 0.1) is 11.3 Å². The summed E-state index contributed by atoms with van der Waals surface area (Å²) < 4.78 is 27.0. The van der Waals surface area contributed by atoms with Crippen LogP contribution in [-0.2, 0) is 0 Å². The summed E-state index contributed by atoms with van der Waals surface area (Å²) in [6.07, 6.45) is 0. The molecule has 4 aromatic rings. The molecule has 0 spiro atoms. The molecule has 23 heavy (non-hydrogen) atoms. The summed E-state index contributed by atoms with van der Waals surface area (Å²) in [7, 11) is 0. The number of fused-ring (bicyclic) bond motifs is 2. The third-order valence-corrected chi connectivity index (χ3v) is 3.82. The number of aromatic nitrogens is 2. The molecular formula is C16H9F2N3O2. The molecule has 3 N–H and O–H groups in total. The van der Waals surface area contributed by atoms with Crippen molar-refractivity contribution in [2.24, 2.45) is 5.18 Å². The van der Waals surface area contributed by atoms with E-state index >= 15 is 0 Å². The van der Waals surface area contributed by atoms with Gasteiger partial charge in [-0.3, -0.25) is 0 Å². The number of aromatic amines is 2. The van der Waals surface area contributed by atoms with Crippen LogP contribution in [0.5, 0.6) is 5.88 Å². The summed E-state index contributed by atoms with van der Waals surface area (Å²) in [6, 6.07) is 7.85. The first-order valence-electron chi connectivity index (χ1n) is 6.73. The average molecular weight is 313 g/mol. The number of halogens is 2. The number of rotatable bonds is 2. The number of aromatic hydroxyl groups is 1. The Hall–Kier alpha value is -3.22. The lowest BCUT2D eigenvalue weighted by Gasteiger charge is -1.99. The van der Waals surface area contributed by atoms with Crippen LogP contribution in [0.3, 0.4) is 0 Å². The fourth-order valence-electron chi connectivity index (χ4n) is 2.83. The van der Waals surface area contributed by atoms with Gasteiger partial charge in [-0.15, -0.1) is 4.91 Å². The molecule has 4 rings (SSSR count). The molecule has 0 aliphatic heterocycles. The van der Waals surface area contributed by atoms with E-state index in [9.17, 15) is 18.8 Å². The highest BCUT2D eigenvalue weighted by Gasteiger charge is 2.21. The molecule has 2 aromatic heterocycles. The Morgan fingerprint density at radius 3 is 2.17 bits per heavy atom. The Balaban J connectivity index is 2.12. The summed E-state index contributed by atoms with van der Waals surface area (Å²) >= 11 is 0. The highest BCUT2D eigenvalue weighted by molar-refractivity contribution is 6.07. The molecule has 0 aliphatic rings. The van der Waals surface area contributed by atoms with E-state index in [1.807, 2.05) is 0 Å². The van der Waals surface area contributed by atoms with Crippen LogP contribution in [0.1, 0.15) is 0 Å². The number of nitrogens with zero attached hydrogens (tertiary/aromatic N) is 1. The minimum Gasteiger partial charge on any atom is -0.494 e. The summed E-state index contributed by atoms with van der Waals surface area (Å²) in [4.78, 5) is 16.9. The van der Waals surface area contributed by atoms with Crippen LogP contribution in [-0.4, -0.2) is 15.1 Å². The van der Waals surface area contributed by atoms with Gasteiger partial charge in [-0.1, -0.05) is 0 Å². The Labute approximate surface area is 127 Å². The second kappa shape index (κ2) is 4.64. The summed E-state index contributed by atoms with van der Waals surface area (Å²) in [5.41, 5.74) is 1.36. The zero-order valence-electron chi connectivity index (χ0n) is 11.5. The summed E-state index contributed by atoms with van der Waals surface area (Å²) in [5.74, 6) is -1.23. The van der Waals surface area contributed by atoms with Gasteiger partial charge in [0.25, 0.3) is 0 Å². The third kappa shape index (κ3) is 1.90. The third-order valence-electron chi connectivity index (χ3n) is 3.82. The average Bonchev–Trinajstić information content (AvgIpc) is 3.02. The van der Waals surface area contributed by atoms with E-state index in [1.54, 1.807) is 0 Å². The number of nitroso groups, excluding NO2 is 1. The van der Waals surface area contributed by atoms with Crippen LogP contribution >= 0.6 is 0 Å². The first-order chi connectivity index (χ1) is 11.1. The van der Waals surface area contributed by atoms with Crippen LogP contribution in [0, 0.1) is 16.5 Å². The topological polar surface area (TPSA) is 81.2 Å². The lowest BCUT2D eigenvalue weighted by molar-refractivity contribution is 0.460. The first kappa shape index (κ1) is 13.4. The van der Waals surface area contributed by atoms with Gasteiger partial charge < -0.3 is 15.1 Å². The normalized spacial score (nSPS) is 11.4. The van der Waals surface area contributed by atoms with Crippen LogP contribution in [0.2, 0.25) is 0 Å². The standard InChI is InChI=1S/C16H9F2N3O2/c17-7-1-3-11-9(5-7)13(16(22)20-11)15-14(21-23)10-6-8(18)2-4-12(10)19-15/h1-6,19-20,22H. The highest BCUT2D eigenvalue weighted by Crippen LogP contribution is 2.44. The van der Waals surface area contributed by atoms with Crippen LogP contribution in [0.25, 0.3) is 33.1 Å². The maximum atomic E-state index is 13.5. The van der Waals surface area contributed by atoms with E-state index in [-0.39, 0.29) is 22.8 Å². The van der Waals surface area contributed by atoms with Gasteiger partial charge in [0, 0.05) is 21.8 Å². The molecule has 0 aliphatic carbocycles. The van der Waals surface area contributed by atoms with Crippen molar-refractivity contribution in [2.45, 2.75) is 0 Å². The molecule has 7 heteroatoms. The molecule has 0 unspecified atom stereocenters. The maximum Gasteiger partial charge on any atom is 0.199 e. The van der Waals surface area contributed by atoms with Crippen molar-refractivity contribution >= 4 is 27.5 Å². The second-order valence-electron chi connectivity index (χ2n) is 5.17. The van der Waals surface area contributed by atoms with E-state index < -0.39 is 11.6 Å². The van der Waals surface area contributed by atoms with E-state index in [2.05, 4.69) is 15.1 Å². The monoisotopic (exact) mass is 313 g/mol. The molecule has 5 nitrogen and oxygen atoms in total. The van der Waals surface area contributed by atoms with Gasteiger partial charge in [0.1, 0.15) is 17.3 Å². The van der Waals surface area contributed by atoms with Crippen molar-refractivity contribution in [3.8, 4) is 17.1 Å². The molecular weight excluding hydrogens is 304 g/mol. The highest BCUT2D eigenvalue weighted by atomic mass is 19.1. The zero-order chi connectivity index (χ0) is 16.1. The van der Waals surface area contributed by atoms with Gasteiger partial charge in [-0.2, -0.15) is 0 Å². The zero-order valence-corrected chi connectivity index (χ0v) is 11.5. The number of hydrogen-bond acceptors (Lipinski definition) is 3. The van der Waals surface area contributed by atoms with Gasteiger partial charge in [0.2, 0.25) is 0 Å². The first-order valence-corrected chi connectivity index (χ1v) is 6.73. The second-order valence-corrected chi connectivity index (χ2v) is 5.17. The van der Waals surface area contributed by atoms with E-state index in [0.717, 1.165) is 0 Å². The van der Waals surface area contributed by atoms with Crippen LogP contribution in [0.4, 0.5) is 14.5 Å². The van der Waals surface area contributed by atoms with E-state index in [1.165, 1.54) is 36.4 Å². The molecule has 0 fully saturated rings. The summed E-state index contributed by atoms with van der Waals surface area (Å²) in [5, 5.41) is 13.8. The number of H-pyrrole nitrogens is 2. The fraction of sp³-hybridized carbons (Fsp3) is 0. The van der Waals surface area contributed by atoms with Gasteiger partial charge in [-0.05, 0) is 41.6 Å². The molecule has 0 radical (unpaired) electrons. The minimum absolute atomic E-state index is 0.0417. The Bertz CT molecular complexity index is 1080. The molecule has 0 bridgehead atoms. The number of hydrogen-bond donors (Lipinski definition) is 3. The van der Waals surface area contributed by atoms with Gasteiger partial charge in [-0.25, -0.2) is 8.78 Å². The predicted octanol–water partition coefficient (Wildman–Crippen LogP) is 4.70. The van der Waals surface area contributed by atoms with E-state index in [0.29, 0.717) is 21.8 Å². The van der Waals surface area contributed by atoms with Crippen molar-refractivity contribution in [1.29, 1.82) is 0 Å². The minimum atomic E-state index is -0.512. The Morgan fingerprint density at radius 1 is 0.913 bits per heavy atom. The lowest BCUT2D eigenvalue weighted by atomic mass is 10.1. The molecule has 2 aromatic carbocycles. The largest absolute Gasteiger partial charge is 0.494 e. The lowest BCUT2D eigenvalue weighted by Crippen LogP contribution is -1.78. The van der Waals surface area contributed by atoms with Crippen molar-refractivity contribution < 1.29 is 13.9 Å². The van der Waals surface area contributed by atoms with Crippen molar-refractivity contribution in [3.63, 3.8) is 0 Å². The number of benzene rings is 2. The molecule has 0 atom stereocenters. The van der Waals surface area contributed by atoms with Gasteiger partial charge >= 0.3 is 0 Å². The van der Waals surface area contributed by atoms with Crippen LogP contribution < -0.4 is 0 Å². The molecule has 2 heterocycles. The maximum absolute atomic E-state index is 13.5. The SMILES string of the molecule is O=Nc1c(-c2c(O)[nH]c3ccc(F)cc23)[nH]c2ccc(F)cc12. The van der Waals surface area contributed by atoms with E-state index in [4.69, 9.17) is 0 Å². The molecule has 114 valence electrons. The Kier molecular flexibility index (Phi) is 2.71. The molecule has 0 saturated carbocycles. The van der Waals surface area contributed by atoms with Crippen molar-refractivity contribution in [3.05, 3.63) is 52.9 Å². The number of nitrogens with one attached hydrogen (secondary N) is 2. The quantitative estimate of drug-likeness (QED) is 0.469. The fourth-order valence-corrected chi connectivity index (χ4v) is 2.83. The van der Waals surface area contributed by atoms with Crippen LogP contribution in [0.15, 0.2) is 41.6 Å². The van der Waals surface area contributed by atoms with Crippen molar-refractivity contribution in [1.82, 2.24) is 9.97 Å². The smallest absolute Gasteiger partial charge is 0.199 e. The predicted molar refractivity (Wildman–Crippen MR) is 82.6 cm³/mol. The summed E-state index contributed by atoms with van der Waals surface area (Å²) in [6.45, 7) is 0.